The monoisotopic (exact) mass is 298 g/mol. The number of fused-ring (bicyclic) bond motifs is 1. The van der Waals surface area contributed by atoms with Gasteiger partial charge in [-0.2, -0.15) is 0 Å². The fourth-order valence-corrected chi connectivity index (χ4v) is 2.42. The number of aromatic nitrogens is 2. The first-order chi connectivity index (χ1) is 10.8. The molecule has 114 valence electrons. The summed E-state index contributed by atoms with van der Waals surface area (Å²) < 4.78 is 7.38. The summed E-state index contributed by atoms with van der Waals surface area (Å²) in [6.07, 6.45) is -0.692. The minimum Gasteiger partial charge on any atom is -0.491 e. The Morgan fingerprint density at radius 1 is 1.05 bits per heavy atom. The molecule has 2 aromatic carbocycles. The average Bonchev–Trinajstić information content (AvgIpc) is 2.92. The molecule has 3 rings (SSSR count). The van der Waals surface area contributed by atoms with Gasteiger partial charge in [-0.05, 0) is 24.3 Å². The van der Waals surface area contributed by atoms with E-state index in [0.717, 1.165) is 16.8 Å². The van der Waals surface area contributed by atoms with Gasteiger partial charge in [-0.25, -0.2) is 4.98 Å². The van der Waals surface area contributed by atoms with E-state index < -0.39 is 6.10 Å². The molecule has 0 saturated carbocycles. The number of aliphatic hydroxyl groups is 2. The van der Waals surface area contributed by atoms with Crippen LogP contribution in [0.25, 0.3) is 11.0 Å². The molecule has 0 aliphatic carbocycles. The third kappa shape index (κ3) is 3.10. The van der Waals surface area contributed by atoms with Gasteiger partial charge in [0, 0.05) is 0 Å². The smallest absolute Gasteiger partial charge is 0.135 e. The summed E-state index contributed by atoms with van der Waals surface area (Å²) >= 11 is 0. The molecule has 0 radical (unpaired) electrons. The zero-order valence-electron chi connectivity index (χ0n) is 12.1. The lowest BCUT2D eigenvalue weighted by Crippen LogP contribution is -2.24. The van der Waals surface area contributed by atoms with Gasteiger partial charge in [0.25, 0.3) is 0 Å². The first-order valence-electron chi connectivity index (χ1n) is 7.19. The Bertz CT molecular complexity index is 740. The van der Waals surface area contributed by atoms with Crippen LogP contribution in [0.1, 0.15) is 5.82 Å². The lowest BCUT2D eigenvalue weighted by atomic mass is 10.3. The van der Waals surface area contributed by atoms with Crippen molar-refractivity contribution < 1.29 is 14.9 Å². The van der Waals surface area contributed by atoms with Crippen LogP contribution in [0.15, 0.2) is 54.6 Å². The number of imidazole rings is 1. The maximum Gasteiger partial charge on any atom is 0.135 e. The van der Waals surface area contributed by atoms with Crippen molar-refractivity contribution >= 4 is 11.0 Å². The molecule has 0 aliphatic heterocycles. The molecule has 22 heavy (non-hydrogen) atoms. The van der Waals surface area contributed by atoms with Crippen LogP contribution < -0.4 is 4.74 Å². The largest absolute Gasteiger partial charge is 0.491 e. The summed E-state index contributed by atoms with van der Waals surface area (Å²) in [5, 5.41) is 19.7. The van der Waals surface area contributed by atoms with Crippen molar-refractivity contribution in [1.82, 2.24) is 9.55 Å². The zero-order chi connectivity index (χ0) is 15.4. The van der Waals surface area contributed by atoms with E-state index in [9.17, 15) is 10.2 Å². The number of hydrogen-bond donors (Lipinski definition) is 2. The summed E-state index contributed by atoms with van der Waals surface area (Å²) in [4.78, 5) is 4.36. The van der Waals surface area contributed by atoms with Crippen LogP contribution in [0, 0.1) is 0 Å². The van der Waals surface area contributed by atoms with Crippen molar-refractivity contribution in [3.63, 3.8) is 0 Å². The molecule has 0 bridgehead atoms. The molecule has 0 fully saturated rings. The Morgan fingerprint density at radius 3 is 2.55 bits per heavy atom. The number of ether oxygens (including phenoxy) is 1. The van der Waals surface area contributed by atoms with Crippen molar-refractivity contribution in [2.24, 2.45) is 0 Å². The van der Waals surface area contributed by atoms with Crippen LogP contribution in [0.5, 0.6) is 5.75 Å². The van der Waals surface area contributed by atoms with Crippen molar-refractivity contribution in [2.45, 2.75) is 19.3 Å². The SMILES string of the molecule is OCc1nc2ccccc2n1C[C@@H](O)COc1ccccc1. The first-order valence-corrected chi connectivity index (χ1v) is 7.19. The van der Waals surface area contributed by atoms with Crippen LogP contribution >= 0.6 is 0 Å². The van der Waals surface area contributed by atoms with Gasteiger partial charge < -0.3 is 19.5 Å². The minimum atomic E-state index is -0.692. The minimum absolute atomic E-state index is 0.166. The van der Waals surface area contributed by atoms with Crippen LogP contribution in [0.3, 0.4) is 0 Å². The highest BCUT2D eigenvalue weighted by Gasteiger charge is 2.14. The Kier molecular flexibility index (Phi) is 4.37. The Morgan fingerprint density at radius 2 is 1.77 bits per heavy atom. The molecule has 5 heteroatoms. The molecule has 0 spiro atoms. The topological polar surface area (TPSA) is 67.5 Å². The van der Waals surface area contributed by atoms with Crippen molar-refractivity contribution in [2.75, 3.05) is 6.61 Å². The average molecular weight is 298 g/mol. The number of hydrogen-bond acceptors (Lipinski definition) is 4. The molecule has 0 aliphatic rings. The molecule has 0 saturated heterocycles. The van der Waals surface area contributed by atoms with E-state index in [1.54, 1.807) is 0 Å². The Balaban J connectivity index is 1.72. The molecule has 5 nitrogen and oxygen atoms in total. The lowest BCUT2D eigenvalue weighted by molar-refractivity contribution is 0.0915. The van der Waals surface area contributed by atoms with Gasteiger partial charge in [0.2, 0.25) is 0 Å². The molecular formula is C17H18N2O3. The van der Waals surface area contributed by atoms with Crippen LogP contribution in [0.2, 0.25) is 0 Å². The van der Waals surface area contributed by atoms with Gasteiger partial charge in [-0.1, -0.05) is 30.3 Å². The van der Waals surface area contributed by atoms with E-state index in [0.29, 0.717) is 12.4 Å². The van der Waals surface area contributed by atoms with E-state index in [-0.39, 0.29) is 13.2 Å². The predicted octanol–water partition coefficient (Wildman–Crippen LogP) is 1.97. The van der Waals surface area contributed by atoms with Gasteiger partial charge in [0.15, 0.2) is 0 Å². The van der Waals surface area contributed by atoms with Gasteiger partial charge >= 0.3 is 0 Å². The van der Waals surface area contributed by atoms with E-state index in [1.165, 1.54) is 0 Å². The number of aliphatic hydroxyl groups excluding tert-OH is 2. The van der Waals surface area contributed by atoms with Gasteiger partial charge in [-0.15, -0.1) is 0 Å². The van der Waals surface area contributed by atoms with E-state index >= 15 is 0 Å². The zero-order valence-corrected chi connectivity index (χ0v) is 12.1. The quantitative estimate of drug-likeness (QED) is 0.730. The maximum atomic E-state index is 10.2. The van der Waals surface area contributed by atoms with Gasteiger partial charge in [0.05, 0.1) is 17.6 Å². The standard InChI is InChI=1S/C17H18N2O3/c20-11-17-18-15-8-4-5-9-16(15)19(17)10-13(21)12-22-14-6-2-1-3-7-14/h1-9,13,20-21H,10-12H2/t13-/m1/s1. The normalized spacial score (nSPS) is 12.5. The highest BCUT2D eigenvalue weighted by Crippen LogP contribution is 2.17. The number of nitrogens with zero attached hydrogens (tertiary/aromatic N) is 2. The summed E-state index contributed by atoms with van der Waals surface area (Å²) in [5.74, 6) is 1.26. The van der Waals surface area contributed by atoms with Crippen LogP contribution in [-0.2, 0) is 13.2 Å². The summed E-state index contributed by atoms with van der Waals surface area (Å²) in [6, 6.07) is 17.0. The molecular weight excluding hydrogens is 280 g/mol. The van der Waals surface area contributed by atoms with Crippen LogP contribution in [0.4, 0.5) is 0 Å². The third-order valence-electron chi connectivity index (χ3n) is 3.45. The highest BCUT2D eigenvalue weighted by atomic mass is 16.5. The van der Waals surface area contributed by atoms with Crippen molar-refractivity contribution in [3.05, 3.63) is 60.4 Å². The van der Waals surface area contributed by atoms with E-state index in [1.807, 2.05) is 59.2 Å². The number of benzene rings is 2. The van der Waals surface area contributed by atoms with Crippen molar-refractivity contribution in [3.8, 4) is 5.75 Å². The summed E-state index contributed by atoms with van der Waals surface area (Å²) in [6.45, 7) is 0.339. The maximum absolute atomic E-state index is 10.2. The fraction of sp³-hybridized carbons (Fsp3) is 0.235. The summed E-state index contributed by atoms with van der Waals surface area (Å²) in [5.41, 5.74) is 1.70. The van der Waals surface area contributed by atoms with Gasteiger partial charge in [-0.3, -0.25) is 0 Å². The molecule has 0 amide bonds. The molecule has 1 aromatic heterocycles. The second kappa shape index (κ2) is 6.60. The van der Waals surface area contributed by atoms with Crippen molar-refractivity contribution in [1.29, 1.82) is 0 Å². The number of rotatable bonds is 6. The second-order valence-electron chi connectivity index (χ2n) is 5.06. The molecule has 1 atom stereocenters. The first kappa shape index (κ1) is 14.6. The Labute approximate surface area is 128 Å². The molecule has 0 unspecified atom stereocenters. The molecule has 3 aromatic rings. The second-order valence-corrected chi connectivity index (χ2v) is 5.06. The van der Waals surface area contributed by atoms with E-state index in [2.05, 4.69) is 4.98 Å². The molecule has 1 heterocycles. The fourth-order valence-electron chi connectivity index (χ4n) is 2.42. The molecule has 2 N–H and O–H groups in total. The highest BCUT2D eigenvalue weighted by molar-refractivity contribution is 5.75. The Hall–Kier alpha value is -2.37. The predicted molar refractivity (Wildman–Crippen MR) is 83.6 cm³/mol. The van der Waals surface area contributed by atoms with E-state index in [4.69, 9.17) is 4.74 Å². The number of para-hydroxylation sites is 3. The lowest BCUT2D eigenvalue weighted by Gasteiger charge is -2.15. The third-order valence-corrected chi connectivity index (χ3v) is 3.45. The van der Waals surface area contributed by atoms with Crippen LogP contribution in [-0.4, -0.2) is 32.5 Å². The summed E-state index contributed by atoms with van der Waals surface area (Å²) in [7, 11) is 0. The van der Waals surface area contributed by atoms with Gasteiger partial charge in [0.1, 0.15) is 30.9 Å².